The molecule has 0 atom stereocenters. The fraction of sp³-hybridized carbons (Fsp3) is 0.467. The molecule has 1 aromatic heterocycles. The van der Waals surface area contributed by atoms with Gasteiger partial charge < -0.3 is 4.74 Å². The van der Waals surface area contributed by atoms with E-state index in [0.29, 0.717) is 36.9 Å². The number of ether oxygens (including phenoxy) is 1. The van der Waals surface area contributed by atoms with E-state index in [0.717, 1.165) is 19.3 Å². The van der Waals surface area contributed by atoms with Gasteiger partial charge in [0, 0.05) is 25.8 Å². The second kappa shape index (κ2) is 6.77. The van der Waals surface area contributed by atoms with Gasteiger partial charge in [-0.1, -0.05) is 18.6 Å². The van der Waals surface area contributed by atoms with Crippen LogP contribution >= 0.6 is 0 Å². The van der Waals surface area contributed by atoms with Crippen molar-refractivity contribution in [1.29, 1.82) is 0 Å². The molecule has 1 aliphatic rings. The fourth-order valence-corrected chi connectivity index (χ4v) is 4.24. The minimum atomic E-state index is -3.45. The molecular weight excluding hydrogens is 316 g/mol. The average molecular weight is 336 g/mol. The Morgan fingerprint density at radius 3 is 2.78 bits per heavy atom. The number of H-pyrrole nitrogens is 1. The van der Waals surface area contributed by atoms with Crippen LogP contribution in [0.4, 0.5) is 0 Å². The third-order valence-electron chi connectivity index (χ3n) is 3.86. The lowest BCUT2D eigenvalue weighted by atomic mass is 10.2. The number of aromatic nitrogens is 3. The number of nitrogens with one attached hydrogen (secondary N) is 1. The summed E-state index contributed by atoms with van der Waals surface area (Å²) in [5.41, 5.74) is 0.668. The summed E-state index contributed by atoms with van der Waals surface area (Å²) in [5.74, 6) is 1.07. The minimum absolute atomic E-state index is 0.287. The van der Waals surface area contributed by atoms with Crippen molar-refractivity contribution in [2.45, 2.75) is 30.8 Å². The van der Waals surface area contributed by atoms with Crippen molar-refractivity contribution in [3.05, 3.63) is 30.1 Å². The van der Waals surface area contributed by atoms with Gasteiger partial charge in [-0.3, -0.25) is 5.10 Å². The Morgan fingerprint density at radius 1 is 1.26 bits per heavy atom. The molecular formula is C15H20N4O3S. The molecule has 1 aliphatic heterocycles. The Balaban J connectivity index is 1.89. The Morgan fingerprint density at radius 2 is 2.04 bits per heavy atom. The maximum absolute atomic E-state index is 12.7. The maximum atomic E-state index is 12.7. The van der Waals surface area contributed by atoms with Crippen molar-refractivity contribution < 1.29 is 13.2 Å². The molecule has 1 N–H and O–H groups in total. The monoisotopic (exact) mass is 336 g/mol. The largest absolute Gasteiger partial charge is 0.377 e. The first-order chi connectivity index (χ1) is 11.1. The summed E-state index contributed by atoms with van der Waals surface area (Å²) in [4.78, 5) is 4.59. The van der Waals surface area contributed by atoms with Crippen LogP contribution in [0.3, 0.4) is 0 Å². The third kappa shape index (κ3) is 3.44. The number of aromatic amines is 1. The van der Waals surface area contributed by atoms with Crippen LogP contribution in [0.5, 0.6) is 0 Å². The molecule has 1 fully saturated rings. The number of rotatable bonds is 5. The lowest BCUT2D eigenvalue weighted by Gasteiger charge is -2.25. The van der Waals surface area contributed by atoms with Gasteiger partial charge in [0.25, 0.3) is 0 Å². The van der Waals surface area contributed by atoms with E-state index in [4.69, 9.17) is 4.74 Å². The molecule has 0 saturated carbocycles. The molecule has 7 nitrogen and oxygen atoms in total. The van der Waals surface area contributed by atoms with Crippen LogP contribution < -0.4 is 0 Å². The summed E-state index contributed by atoms with van der Waals surface area (Å²) < 4.78 is 32.0. The Kier molecular flexibility index (Phi) is 4.74. The molecule has 0 spiro atoms. The zero-order valence-electron chi connectivity index (χ0n) is 13.0. The third-order valence-corrected chi connectivity index (χ3v) is 5.75. The maximum Gasteiger partial charge on any atom is 0.243 e. The van der Waals surface area contributed by atoms with Crippen molar-refractivity contribution >= 4 is 10.0 Å². The summed E-state index contributed by atoms with van der Waals surface area (Å²) >= 11 is 0. The zero-order valence-corrected chi connectivity index (χ0v) is 13.8. The van der Waals surface area contributed by atoms with Gasteiger partial charge in [0.05, 0.1) is 4.90 Å². The molecule has 0 radical (unpaired) electrons. The van der Waals surface area contributed by atoms with Crippen LogP contribution in [0.25, 0.3) is 11.4 Å². The van der Waals surface area contributed by atoms with Crippen molar-refractivity contribution in [3.8, 4) is 11.4 Å². The van der Waals surface area contributed by atoms with Crippen molar-refractivity contribution in [1.82, 2.24) is 19.5 Å². The van der Waals surface area contributed by atoms with E-state index in [1.807, 2.05) is 0 Å². The van der Waals surface area contributed by atoms with Gasteiger partial charge >= 0.3 is 0 Å². The molecule has 23 heavy (non-hydrogen) atoms. The topological polar surface area (TPSA) is 88.2 Å². The van der Waals surface area contributed by atoms with Crippen LogP contribution in [0.2, 0.25) is 0 Å². The minimum Gasteiger partial charge on any atom is -0.377 e. The molecule has 0 aliphatic carbocycles. The number of sulfonamides is 1. The molecule has 0 bridgehead atoms. The van der Waals surface area contributed by atoms with Gasteiger partial charge in [-0.15, -0.1) is 0 Å². The number of piperidine rings is 1. The van der Waals surface area contributed by atoms with Gasteiger partial charge in [0.15, 0.2) is 11.6 Å². The molecule has 124 valence electrons. The number of hydrogen-bond acceptors (Lipinski definition) is 5. The summed E-state index contributed by atoms with van der Waals surface area (Å²) in [7, 11) is -1.88. The molecule has 1 saturated heterocycles. The first-order valence-electron chi connectivity index (χ1n) is 7.62. The van der Waals surface area contributed by atoms with E-state index >= 15 is 0 Å². The second-order valence-corrected chi connectivity index (χ2v) is 7.47. The SMILES string of the molecule is COCc1nc(-c2cccc(S(=O)(=O)N3CCCCC3)c2)n[nH]1. The van der Waals surface area contributed by atoms with E-state index in [1.54, 1.807) is 35.7 Å². The van der Waals surface area contributed by atoms with Crippen molar-refractivity contribution in [2.24, 2.45) is 0 Å². The summed E-state index contributed by atoms with van der Waals surface area (Å²) in [5, 5.41) is 6.90. The second-order valence-electron chi connectivity index (χ2n) is 5.53. The van der Waals surface area contributed by atoms with Crippen LogP contribution in [-0.2, 0) is 21.4 Å². The predicted molar refractivity (Wildman–Crippen MR) is 85.1 cm³/mol. The number of benzene rings is 1. The van der Waals surface area contributed by atoms with E-state index in [9.17, 15) is 8.42 Å². The molecule has 2 aromatic rings. The van der Waals surface area contributed by atoms with Crippen LogP contribution in [-0.4, -0.2) is 48.1 Å². The normalized spacial score (nSPS) is 16.6. The summed E-state index contributed by atoms with van der Waals surface area (Å²) in [6.45, 7) is 1.51. The van der Waals surface area contributed by atoms with Gasteiger partial charge in [0.2, 0.25) is 10.0 Å². The lowest BCUT2D eigenvalue weighted by Crippen LogP contribution is -2.35. The zero-order chi connectivity index (χ0) is 16.3. The van der Waals surface area contributed by atoms with Gasteiger partial charge in [0.1, 0.15) is 6.61 Å². The van der Waals surface area contributed by atoms with Gasteiger partial charge in [-0.05, 0) is 25.0 Å². The number of methoxy groups -OCH3 is 1. The highest BCUT2D eigenvalue weighted by Crippen LogP contribution is 2.24. The van der Waals surface area contributed by atoms with E-state index < -0.39 is 10.0 Å². The predicted octanol–water partition coefficient (Wildman–Crippen LogP) is 1.79. The first kappa shape index (κ1) is 16.1. The quantitative estimate of drug-likeness (QED) is 0.899. The van der Waals surface area contributed by atoms with Crippen LogP contribution in [0, 0.1) is 0 Å². The Hall–Kier alpha value is -1.77. The number of hydrogen-bond donors (Lipinski definition) is 1. The highest BCUT2D eigenvalue weighted by atomic mass is 32.2. The number of nitrogens with zero attached hydrogens (tertiary/aromatic N) is 3. The van der Waals surface area contributed by atoms with E-state index in [-0.39, 0.29) is 4.90 Å². The Bertz CT molecular complexity index is 767. The highest BCUT2D eigenvalue weighted by Gasteiger charge is 2.26. The fourth-order valence-electron chi connectivity index (χ4n) is 2.68. The summed E-state index contributed by atoms with van der Waals surface area (Å²) in [6.07, 6.45) is 2.92. The molecule has 0 unspecified atom stereocenters. The summed E-state index contributed by atoms with van der Waals surface area (Å²) in [6, 6.07) is 6.77. The van der Waals surface area contributed by atoms with Gasteiger partial charge in [-0.25, -0.2) is 13.4 Å². The Labute approximate surface area is 135 Å². The van der Waals surface area contributed by atoms with Crippen LogP contribution in [0.1, 0.15) is 25.1 Å². The molecule has 2 heterocycles. The smallest absolute Gasteiger partial charge is 0.243 e. The van der Waals surface area contributed by atoms with E-state index in [2.05, 4.69) is 15.2 Å². The first-order valence-corrected chi connectivity index (χ1v) is 9.06. The standard InChI is InChI=1S/C15H20N4O3S/c1-22-11-14-16-15(18-17-14)12-6-5-7-13(10-12)23(20,21)19-8-3-2-4-9-19/h5-7,10H,2-4,8-9,11H2,1H3,(H,16,17,18). The lowest BCUT2D eigenvalue weighted by molar-refractivity contribution is 0.178. The van der Waals surface area contributed by atoms with Crippen LogP contribution in [0.15, 0.2) is 29.2 Å². The molecule has 1 aromatic carbocycles. The highest BCUT2D eigenvalue weighted by molar-refractivity contribution is 7.89. The average Bonchev–Trinajstić information content (AvgIpc) is 3.05. The molecule has 8 heteroatoms. The van der Waals surface area contributed by atoms with Crippen molar-refractivity contribution in [3.63, 3.8) is 0 Å². The van der Waals surface area contributed by atoms with E-state index in [1.165, 1.54) is 0 Å². The molecule has 3 rings (SSSR count). The van der Waals surface area contributed by atoms with Crippen molar-refractivity contribution in [2.75, 3.05) is 20.2 Å². The van der Waals surface area contributed by atoms with Gasteiger partial charge in [-0.2, -0.15) is 9.40 Å². The molecule has 0 amide bonds.